The van der Waals surface area contributed by atoms with Gasteiger partial charge in [-0.2, -0.15) is 5.26 Å². The molecule has 0 fully saturated rings. The van der Waals surface area contributed by atoms with Gasteiger partial charge in [-0.25, -0.2) is 0 Å². The summed E-state index contributed by atoms with van der Waals surface area (Å²) in [4.78, 5) is 5.23. The van der Waals surface area contributed by atoms with Crippen LogP contribution >= 0.6 is 11.8 Å². The average Bonchev–Trinajstić information content (AvgIpc) is 2.97. The number of hydrogen-bond donors (Lipinski definition) is 0. The third-order valence-electron chi connectivity index (χ3n) is 4.18. The standard InChI is InChI=1S/C19H15N5S/c1-11-8-18-22-23-19(24(18)16-7-5-4-6-14(11)16)25-17-9-12(2)21-13(3)15(17)10-20/h4-9H,1-3H3. The molecule has 0 unspecified atom stereocenters. The van der Waals surface area contributed by atoms with E-state index in [-0.39, 0.29) is 0 Å². The van der Waals surface area contributed by atoms with Crippen molar-refractivity contribution in [3.8, 4) is 6.07 Å². The Bertz CT molecular complexity index is 1170. The smallest absolute Gasteiger partial charge is 0.200 e. The molecule has 0 radical (unpaired) electrons. The first-order valence-electron chi connectivity index (χ1n) is 7.88. The Kier molecular flexibility index (Phi) is 3.66. The van der Waals surface area contributed by atoms with E-state index in [2.05, 4.69) is 40.3 Å². The van der Waals surface area contributed by atoms with Crippen LogP contribution in [0.25, 0.3) is 16.6 Å². The predicted octanol–water partition coefficient (Wildman–Crippen LogP) is 4.23. The van der Waals surface area contributed by atoms with E-state index in [0.717, 1.165) is 32.6 Å². The van der Waals surface area contributed by atoms with Gasteiger partial charge in [-0.3, -0.25) is 9.38 Å². The van der Waals surface area contributed by atoms with E-state index < -0.39 is 0 Å². The number of nitriles is 1. The van der Waals surface area contributed by atoms with Gasteiger partial charge in [-0.15, -0.1) is 10.2 Å². The second-order valence-electron chi connectivity index (χ2n) is 5.96. The summed E-state index contributed by atoms with van der Waals surface area (Å²) in [6.07, 6.45) is 0. The minimum absolute atomic E-state index is 0.587. The van der Waals surface area contributed by atoms with Gasteiger partial charge in [0.15, 0.2) is 5.65 Å². The molecule has 0 aliphatic heterocycles. The zero-order valence-corrected chi connectivity index (χ0v) is 14.9. The summed E-state index contributed by atoms with van der Waals surface area (Å²) in [5, 5.41) is 20.1. The minimum Gasteiger partial charge on any atom is -0.270 e. The molecule has 0 aliphatic carbocycles. The van der Waals surface area contributed by atoms with Crippen molar-refractivity contribution >= 4 is 28.3 Å². The third kappa shape index (κ3) is 2.53. The molecule has 3 aromatic heterocycles. The maximum absolute atomic E-state index is 9.49. The van der Waals surface area contributed by atoms with Crippen molar-refractivity contribution in [2.24, 2.45) is 0 Å². The maximum atomic E-state index is 9.49. The summed E-state index contributed by atoms with van der Waals surface area (Å²) in [6.45, 7) is 5.86. The zero-order chi connectivity index (χ0) is 17.6. The number of benzene rings is 1. The summed E-state index contributed by atoms with van der Waals surface area (Å²) in [6, 6.07) is 14.4. The Morgan fingerprint density at radius 1 is 1.08 bits per heavy atom. The highest BCUT2D eigenvalue weighted by molar-refractivity contribution is 7.99. The van der Waals surface area contributed by atoms with Crippen molar-refractivity contribution < 1.29 is 0 Å². The lowest BCUT2D eigenvalue weighted by molar-refractivity contribution is 0.938. The van der Waals surface area contributed by atoms with Crippen LogP contribution in [-0.4, -0.2) is 19.6 Å². The Balaban J connectivity index is 1.95. The quantitative estimate of drug-likeness (QED) is 0.544. The molecule has 0 spiro atoms. The first-order chi connectivity index (χ1) is 12.1. The summed E-state index contributed by atoms with van der Waals surface area (Å²) < 4.78 is 2.04. The molecule has 3 heterocycles. The molecule has 0 saturated heterocycles. The molecule has 0 saturated carbocycles. The van der Waals surface area contributed by atoms with Gasteiger partial charge in [0.2, 0.25) is 5.16 Å². The van der Waals surface area contributed by atoms with Crippen molar-refractivity contribution in [3.05, 3.63) is 58.9 Å². The van der Waals surface area contributed by atoms with Crippen molar-refractivity contribution in [1.29, 1.82) is 5.26 Å². The highest BCUT2D eigenvalue weighted by Crippen LogP contribution is 2.33. The van der Waals surface area contributed by atoms with Crippen molar-refractivity contribution in [1.82, 2.24) is 19.6 Å². The van der Waals surface area contributed by atoms with Gasteiger partial charge in [0, 0.05) is 16.0 Å². The molecule has 0 atom stereocenters. The van der Waals surface area contributed by atoms with Gasteiger partial charge in [0.25, 0.3) is 0 Å². The van der Waals surface area contributed by atoms with Crippen LogP contribution < -0.4 is 0 Å². The van der Waals surface area contributed by atoms with E-state index in [9.17, 15) is 5.26 Å². The molecule has 0 amide bonds. The molecule has 0 bridgehead atoms. The van der Waals surface area contributed by atoms with Gasteiger partial charge in [0.05, 0.1) is 16.8 Å². The summed E-state index contributed by atoms with van der Waals surface area (Å²) in [5.41, 5.74) is 5.24. The molecular formula is C19H15N5S. The highest BCUT2D eigenvalue weighted by Gasteiger charge is 2.15. The highest BCUT2D eigenvalue weighted by atomic mass is 32.2. The molecule has 0 aliphatic rings. The number of pyridine rings is 2. The van der Waals surface area contributed by atoms with Gasteiger partial charge in [0.1, 0.15) is 6.07 Å². The number of para-hydroxylation sites is 1. The molecule has 0 N–H and O–H groups in total. The SMILES string of the molecule is Cc1cc(Sc2nnc3cc(C)c4ccccc4n23)c(C#N)c(C)n1. The first kappa shape index (κ1) is 15.6. The topological polar surface area (TPSA) is 66.9 Å². The second kappa shape index (κ2) is 5.87. The fraction of sp³-hybridized carbons (Fsp3) is 0.158. The van der Waals surface area contributed by atoms with Crippen LogP contribution in [0.1, 0.15) is 22.5 Å². The van der Waals surface area contributed by atoms with Crippen molar-refractivity contribution in [2.45, 2.75) is 30.8 Å². The average molecular weight is 345 g/mol. The van der Waals surface area contributed by atoms with Crippen molar-refractivity contribution in [3.63, 3.8) is 0 Å². The molecule has 4 aromatic rings. The summed E-state index contributed by atoms with van der Waals surface area (Å²) in [5.74, 6) is 0. The fourth-order valence-electron chi connectivity index (χ4n) is 3.05. The third-order valence-corrected chi connectivity index (χ3v) is 5.17. The predicted molar refractivity (Wildman–Crippen MR) is 97.8 cm³/mol. The van der Waals surface area contributed by atoms with E-state index >= 15 is 0 Å². The van der Waals surface area contributed by atoms with E-state index in [1.165, 1.54) is 22.7 Å². The van der Waals surface area contributed by atoms with Crippen LogP contribution in [0.4, 0.5) is 0 Å². The van der Waals surface area contributed by atoms with Crippen LogP contribution in [-0.2, 0) is 0 Å². The first-order valence-corrected chi connectivity index (χ1v) is 8.70. The summed E-state index contributed by atoms with van der Waals surface area (Å²) in [7, 11) is 0. The van der Waals surface area contributed by atoms with E-state index in [1.54, 1.807) is 0 Å². The molecule has 6 heteroatoms. The minimum atomic E-state index is 0.587. The zero-order valence-electron chi connectivity index (χ0n) is 14.1. The van der Waals surface area contributed by atoms with Crippen LogP contribution in [0.2, 0.25) is 0 Å². The lowest BCUT2D eigenvalue weighted by Crippen LogP contribution is -1.96. The van der Waals surface area contributed by atoms with E-state index in [0.29, 0.717) is 5.56 Å². The lowest BCUT2D eigenvalue weighted by Gasteiger charge is -2.09. The van der Waals surface area contributed by atoms with Crippen molar-refractivity contribution in [2.75, 3.05) is 0 Å². The number of aromatic nitrogens is 4. The number of nitrogens with zero attached hydrogens (tertiary/aromatic N) is 5. The van der Waals surface area contributed by atoms with Gasteiger partial charge in [-0.1, -0.05) is 18.2 Å². The number of rotatable bonds is 2. The van der Waals surface area contributed by atoms with Gasteiger partial charge < -0.3 is 0 Å². The molecule has 25 heavy (non-hydrogen) atoms. The van der Waals surface area contributed by atoms with Crippen LogP contribution in [0.3, 0.4) is 0 Å². The Hall–Kier alpha value is -2.91. The lowest BCUT2D eigenvalue weighted by atomic mass is 10.1. The van der Waals surface area contributed by atoms with E-state index in [4.69, 9.17) is 0 Å². The van der Waals surface area contributed by atoms with Crippen LogP contribution in [0.15, 0.2) is 46.5 Å². The Labute approximate surface area is 149 Å². The van der Waals surface area contributed by atoms with Gasteiger partial charge in [-0.05, 0) is 56.3 Å². The summed E-state index contributed by atoms with van der Waals surface area (Å²) >= 11 is 1.45. The maximum Gasteiger partial charge on any atom is 0.200 e. The Morgan fingerprint density at radius 2 is 1.88 bits per heavy atom. The van der Waals surface area contributed by atoms with Crippen LogP contribution in [0, 0.1) is 32.1 Å². The molecule has 1 aromatic carbocycles. The largest absolute Gasteiger partial charge is 0.270 e. The second-order valence-corrected chi connectivity index (χ2v) is 6.97. The molecule has 4 rings (SSSR count). The molecule has 122 valence electrons. The fourth-order valence-corrected chi connectivity index (χ4v) is 4.13. The number of aryl methyl sites for hydroxylation is 3. The number of fused-ring (bicyclic) bond motifs is 3. The molecule has 5 nitrogen and oxygen atoms in total. The van der Waals surface area contributed by atoms with E-state index in [1.807, 2.05) is 42.5 Å². The molecular weight excluding hydrogens is 330 g/mol. The van der Waals surface area contributed by atoms with Gasteiger partial charge >= 0.3 is 0 Å². The monoisotopic (exact) mass is 345 g/mol. The Morgan fingerprint density at radius 3 is 2.68 bits per heavy atom. The normalized spacial score (nSPS) is 11.1. The van der Waals surface area contributed by atoms with Crippen LogP contribution in [0.5, 0.6) is 0 Å². The number of hydrogen-bond acceptors (Lipinski definition) is 5.